The highest BCUT2D eigenvalue weighted by Gasteiger charge is 2.26. The Kier molecular flexibility index (Phi) is 9.33. The number of carboxylic acids is 1. The van der Waals surface area contributed by atoms with Gasteiger partial charge < -0.3 is 21.1 Å². The summed E-state index contributed by atoms with van der Waals surface area (Å²) in [6.07, 6.45) is 0.479. The number of rotatable bonds is 10. The maximum atomic E-state index is 12.5. The van der Waals surface area contributed by atoms with Crippen LogP contribution in [0.15, 0.2) is 30.3 Å². The number of benzene rings is 1. The van der Waals surface area contributed by atoms with Crippen molar-refractivity contribution in [3.05, 3.63) is 35.9 Å². The molecule has 150 valence electrons. The Morgan fingerprint density at radius 3 is 2.15 bits per heavy atom. The number of carbonyl (C=O) groups excluding carboxylic acids is 2. The number of hydrogen-bond donors (Lipinski definition) is 4. The summed E-state index contributed by atoms with van der Waals surface area (Å²) in [5.41, 5.74) is 0.955. The van der Waals surface area contributed by atoms with E-state index in [9.17, 15) is 19.5 Å². The van der Waals surface area contributed by atoms with Gasteiger partial charge in [-0.05, 0) is 23.8 Å². The number of amides is 3. The lowest BCUT2D eigenvalue weighted by Gasteiger charge is -2.23. The van der Waals surface area contributed by atoms with E-state index in [1.165, 1.54) is 0 Å². The van der Waals surface area contributed by atoms with E-state index in [1.807, 2.05) is 58.0 Å². The molecule has 0 bridgehead atoms. The molecule has 7 nitrogen and oxygen atoms in total. The zero-order valence-electron chi connectivity index (χ0n) is 16.5. The third kappa shape index (κ3) is 8.57. The lowest BCUT2D eigenvalue weighted by Crippen LogP contribution is -2.53. The minimum atomic E-state index is -0.932. The van der Waals surface area contributed by atoms with Crippen LogP contribution in [-0.2, 0) is 16.1 Å². The second-order valence-electron chi connectivity index (χ2n) is 7.44. The van der Waals surface area contributed by atoms with Crippen molar-refractivity contribution >= 4 is 17.9 Å². The maximum absolute atomic E-state index is 12.5. The van der Waals surface area contributed by atoms with E-state index in [1.54, 1.807) is 0 Å². The van der Waals surface area contributed by atoms with Crippen molar-refractivity contribution in [2.75, 3.05) is 6.54 Å². The van der Waals surface area contributed by atoms with Crippen molar-refractivity contribution in [1.29, 1.82) is 0 Å². The van der Waals surface area contributed by atoms with Gasteiger partial charge in [-0.3, -0.25) is 9.59 Å². The highest BCUT2D eigenvalue weighted by atomic mass is 16.4. The van der Waals surface area contributed by atoms with Crippen LogP contribution in [0.4, 0.5) is 4.79 Å². The molecule has 4 N–H and O–H groups in total. The summed E-state index contributed by atoms with van der Waals surface area (Å²) in [5, 5.41) is 17.3. The summed E-state index contributed by atoms with van der Waals surface area (Å²) in [5.74, 6) is -1.88. The molecule has 7 heteroatoms. The Balaban J connectivity index is 2.56. The number of carboxylic acid groups (broad SMARTS) is 1. The molecule has 0 spiro atoms. The Morgan fingerprint density at radius 2 is 1.63 bits per heavy atom. The predicted octanol–water partition coefficient (Wildman–Crippen LogP) is 2.37. The summed E-state index contributed by atoms with van der Waals surface area (Å²) in [6, 6.07) is 8.28. The smallest absolute Gasteiger partial charge is 0.315 e. The van der Waals surface area contributed by atoms with Gasteiger partial charge in [-0.15, -0.1) is 0 Å². The van der Waals surface area contributed by atoms with Crippen molar-refractivity contribution in [3.8, 4) is 0 Å². The van der Waals surface area contributed by atoms with Crippen LogP contribution in [0.1, 0.15) is 39.7 Å². The van der Waals surface area contributed by atoms with Crippen LogP contribution >= 0.6 is 0 Å². The molecule has 1 rings (SSSR count). The Morgan fingerprint density at radius 1 is 1.00 bits per heavy atom. The minimum absolute atomic E-state index is 0.0445. The van der Waals surface area contributed by atoms with Gasteiger partial charge in [-0.1, -0.05) is 58.0 Å². The molecule has 27 heavy (non-hydrogen) atoms. The molecular formula is C20H31N3O4. The van der Waals surface area contributed by atoms with Crippen LogP contribution in [0.2, 0.25) is 0 Å². The highest BCUT2D eigenvalue weighted by molar-refractivity contribution is 5.87. The van der Waals surface area contributed by atoms with Gasteiger partial charge in [0.15, 0.2) is 0 Å². The van der Waals surface area contributed by atoms with Gasteiger partial charge in [0.1, 0.15) is 6.04 Å². The monoisotopic (exact) mass is 377 g/mol. The van der Waals surface area contributed by atoms with E-state index in [0.717, 1.165) is 5.56 Å². The zero-order valence-corrected chi connectivity index (χ0v) is 16.5. The topological polar surface area (TPSA) is 108 Å². The van der Waals surface area contributed by atoms with Crippen molar-refractivity contribution < 1.29 is 19.5 Å². The van der Waals surface area contributed by atoms with Gasteiger partial charge in [-0.2, -0.15) is 0 Å². The van der Waals surface area contributed by atoms with Gasteiger partial charge in [0.05, 0.1) is 5.92 Å². The van der Waals surface area contributed by atoms with Crippen molar-refractivity contribution in [2.24, 2.45) is 17.8 Å². The number of carbonyl (C=O) groups is 3. The summed E-state index contributed by atoms with van der Waals surface area (Å²) >= 11 is 0. The van der Waals surface area contributed by atoms with Crippen LogP contribution in [-0.4, -0.2) is 35.6 Å². The van der Waals surface area contributed by atoms with E-state index in [2.05, 4.69) is 16.0 Å². The number of aliphatic carboxylic acids is 1. The van der Waals surface area contributed by atoms with Crippen LogP contribution in [0.25, 0.3) is 0 Å². The summed E-state index contributed by atoms with van der Waals surface area (Å²) in [6.45, 7) is 7.92. The van der Waals surface area contributed by atoms with E-state index >= 15 is 0 Å². The summed E-state index contributed by atoms with van der Waals surface area (Å²) < 4.78 is 0. The first kappa shape index (κ1) is 22.5. The lowest BCUT2D eigenvalue weighted by atomic mass is 9.96. The standard InChI is InChI=1S/C20H31N3O4/c1-13(2)10-16(19(25)26)12-21-18(24)17(14(3)4)23-20(27)22-11-15-8-6-5-7-9-15/h5-9,13-14,16-17H,10-12H2,1-4H3,(H,21,24)(H,25,26)(H2,22,23,27). The van der Waals surface area contributed by atoms with Crippen molar-refractivity contribution in [1.82, 2.24) is 16.0 Å². The fraction of sp³-hybridized carbons (Fsp3) is 0.550. The second kappa shape index (κ2) is 11.2. The Labute approximate surface area is 160 Å². The van der Waals surface area contributed by atoms with Gasteiger partial charge in [0.2, 0.25) is 5.91 Å². The van der Waals surface area contributed by atoms with Crippen LogP contribution in [0.3, 0.4) is 0 Å². The normalized spacial score (nSPS) is 13.1. The molecule has 2 atom stereocenters. The fourth-order valence-corrected chi connectivity index (χ4v) is 2.68. The van der Waals surface area contributed by atoms with Crippen molar-refractivity contribution in [3.63, 3.8) is 0 Å². The Bertz CT molecular complexity index is 617. The molecule has 0 aliphatic heterocycles. The average molecular weight is 377 g/mol. The molecule has 0 radical (unpaired) electrons. The zero-order chi connectivity index (χ0) is 20.4. The van der Waals surface area contributed by atoms with Gasteiger partial charge >= 0.3 is 12.0 Å². The molecule has 0 aromatic heterocycles. The third-order valence-corrected chi connectivity index (χ3v) is 4.16. The molecule has 0 saturated heterocycles. The molecule has 2 unspecified atom stereocenters. The summed E-state index contributed by atoms with van der Waals surface area (Å²) in [4.78, 5) is 35.9. The quantitative estimate of drug-likeness (QED) is 0.502. The minimum Gasteiger partial charge on any atom is -0.481 e. The molecule has 0 aliphatic carbocycles. The first-order chi connectivity index (χ1) is 12.7. The van der Waals surface area contributed by atoms with E-state index in [-0.39, 0.29) is 24.3 Å². The largest absolute Gasteiger partial charge is 0.481 e. The van der Waals surface area contributed by atoms with E-state index < -0.39 is 24.0 Å². The molecular weight excluding hydrogens is 346 g/mol. The molecule has 3 amide bonds. The summed E-state index contributed by atoms with van der Waals surface area (Å²) in [7, 11) is 0. The number of nitrogens with one attached hydrogen (secondary N) is 3. The molecule has 1 aromatic carbocycles. The molecule has 0 heterocycles. The highest BCUT2D eigenvalue weighted by Crippen LogP contribution is 2.11. The molecule has 1 aromatic rings. The van der Waals surface area contributed by atoms with Crippen LogP contribution in [0.5, 0.6) is 0 Å². The number of urea groups is 1. The average Bonchev–Trinajstić information content (AvgIpc) is 2.61. The SMILES string of the molecule is CC(C)CC(CNC(=O)C(NC(=O)NCc1ccccc1)C(C)C)C(=O)O. The fourth-order valence-electron chi connectivity index (χ4n) is 2.68. The third-order valence-electron chi connectivity index (χ3n) is 4.16. The predicted molar refractivity (Wildman–Crippen MR) is 104 cm³/mol. The molecule has 0 aliphatic rings. The second-order valence-corrected chi connectivity index (χ2v) is 7.44. The maximum Gasteiger partial charge on any atom is 0.315 e. The van der Waals surface area contributed by atoms with E-state index in [4.69, 9.17) is 0 Å². The van der Waals surface area contributed by atoms with Gasteiger partial charge in [-0.25, -0.2) is 4.79 Å². The molecule has 0 fully saturated rings. The van der Waals surface area contributed by atoms with Crippen molar-refractivity contribution in [2.45, 2.75) is 46.7 Å². The van der Waals surface area contributed by atoms with Gasteiger partial charge in [0.25, 0.3) is 0 Å². The Hall–Kier alpha value is -2.57. The molecule has 0 saturated carbocycles. The van der Waals surface area contributed by atoms with Crippen LogP contribution in [0, 0.1) is 17.8 Å². The van der Waals surface area contributed by atoms with Gasteiger partial charge in [0, 0.05) is 13.1 Å². The van der Waals surface area contributed by atoms with Crippen LogP contribution < -0.4 is 16.0 Å². The van der Waals surface area contributed by atoms with E-state index in [0.29, 0.717) is 13.0 Å². The number of hydrogen-bond acceptors (Lipinski definition) is 3. The first-order valence-corrected chi connectivity index (χ1v) is 9.29. The first-order valence-electron chi connectivity index (χ1n) is 9.29. The lowest BCUT2D eigenvalue weighted by molar-refractivity contribution is -0.142.